The summed E-state index contributed by atoms with van der Waals surface area (Å²) in [6, 6.07) is 10.3. The molecule has 0 radical (unpaired) electrons. The number of amides is 1. The zero-order valence-electron chi connectivity index (χ0n) is 13.6. The van der Waals surface area contributed by atoms with Crippen LogP contribution in [0.2, 0.25) is 5.02 Å². The minimum absolute atomic E-state index is 0.316. The first kappa shape index (κ1) is 17.7. The first-order chi connectivity index (χ1) is 11.6. The Hall–Kier alpha value is -2.66. The molecule has 0 bridgehead atoms. The fraction of sp³-hybridized carbons (Fsp3) is 0.167. The number of benzene rings is 2. The van der Waals surface area contributed by atoms with Crippen molar-refractivity contribution in [3.05, 3.63) is 53.1 Å². The van der Waals surface area contributed by atoms with Gasteiger partial charge in [0.05, 0.1) is 27.0 Å². The maximum Gasteiger partial charge on any atom is 0.248 e. The molecular formula is C18H18ClNO4. The van der Waals surface area contributed by atoms with Crippen LogP contribution in [0.1, 0.15) is 5.56 Å². The molecule has 0 aliphatic carbocycles. The van der Waals surface area contributed by atoms with Crippen molar-refractivity contribution in [2.45, 2.75) is 0 Å². The lowest BCUT2D eigenvalue weighted by Crippen LogP contribution is -2.09. The van der Waals surface area contributed by atoms with Gasteiger partial charge in [-0.2, -0.15) is 0 Å². The maximum atomic E-state index is 12.2. The highest BCUT2D eigenvalue weighted by Gasteiger charge is 2.08. The zero-order chi connectivity index (χ0) is 17.5. The van der Waals surface area contributed by atoms with E-state index in [0.29, 0.717) is 33.5 Å². The number of hydrogen-bond acceptors (Lipinski definition) is 4. The predicted molar refractivity (Wildman–Crippen MR) is 95.2 cm³/mol. The van der Waals surface area contributed by atoms with Gasteiger partial charge in [-0.05, 0) is 36.4 Å². The molecule has 0 aromatic heterocycles. The summed E-state index contributed by atoms with van der Waals surface area (Å²) in [6.07, 6.45) is 3.03. The highest BCUT2D eigenvalue weighted by Crippen LogP contribution is 2.29. The molecule has 2 rings (SSSR count). The normalized spacial score (nSPS) is 10.5. The van der Waals surface area contributed by atoms with E-state index in [1.807, 2.05) is 0 Å². The molecule has 0 saturated heterocycles. The molecule has 1 amide bonds. The van der Waals surface area contributed by atoms with Crippen LogP contribution in [0.3, 0.4) is 0 Å². The van der Waals surface area contributed by atoms with Crippen molar-refractivity contribution >= 4 is 29.3 Å². The van der Waals surface area contributed by atoms with E-state index in [1.54, 1.807) is 56.7 Å². The molecule has 0 spiro atoms. The molecule has 6 heteroatoms. The third-order valence-corrected chi connectivity index (χ3v) is 3.51. The summed E-state index contributed by atoms with van der Waals surface area (Å²) in [6.45, 7) is 0. The lowest BCUT2D eigenvalue weighted by atomic mass is 10.2. The summed E-state index contributed by atoms with van der Waals surface area (Å²) in [5.74, 6) is 1.47. The van der Waals surface area contributed by atoms with Crippen molar-refractivity contribution in [1.82, 2.24) is 0 Å². The Morgan fingerprint density at radius 1 is 1.00 bits per heavy atom. The van der Waals surface area contributed by atoms with Gasteiger partial charge in [0.2, 0.25) is 5.91 Å². The molecule has 0 saturated carbocycles. The second kappa shape index (κ2) is 8.26. The fourth-order valence-corrected chi connectivity index (χ4v) is 2.27. The van der Waals surface area contributed by atoms with E-state index in [0.717, 1.165) is 0 Å². The minimum atomic E-state index is -0.316. The number of carbonyl (C=O) groups is 1. The molecule has 2 aromatic carbocycles. The number of nitrogens with one attached hydrogen (secondary N) is 1. The quantitative estimate of drug-likeness (QED) is 0.802. The monoisotopic (exact) mass is 347 g/mol. The summed E-state index contributed by atoms with van der Waals surface area (Å²) in [5, 5.41) is 3.31. The van der Waals surface area contributed by atoms with Crippen LogP contribution in [0.15, 0.2) is 42.5 Å². The number of rotatable bonds is 6. The zero-order valence-corrected chi connectivity index (χ0v) is 14.4. The number of ether oxygens (including phenoxy) is 3. The van der Waals surface area contributed by atoms with Crippen molar-refractivity contribution in [2.75, 3.05) is 26.6 Å². The van der Waals surface area contributed by atoms with Crippen molar-refractivity contribution in [1.29, 1.82) is 0 Å². The van der Waals surface area contributed by atoms with Crippen LogP contribution < -0.4 is 19.5 Å². The number of methoxy groups -OCH3 is 3. The highest BCUT2D eigenvalue weighted by molar-refractivity contribution is 6.30. The van der Waals surface area contributed by atoms with Crippen LogP contribution in [-0.4, -0.2) is 27.2 Å². The summed E-state index contributed by atoms with van der Waals surface area (Å²) in [4.78, 5) is 12.2. The van der Waals surface area contributed by atoms with Gasteiger partial charge in [-0.15, -0.1) is 0 Å². The predicted octanol–water partition coefficient (Wildman–Crippen LogP) is 4.02. The van der Waals surface area contributed by atoms with Crippen molar-refractivity contribution in [3.8, 4) is 17.2 Å². The largest absolute Gasteiger partial charge is 0.497 e. The molecule has 24 heavy (non-hydrogen) atoms. The Morgan fingerprint density at radius 2 is 1.71 bits per heavy atom. The van der Waals surface area contributed by atoms with E-state index in [-0.39, 0.29) is 5.91 Å². The molecule has 0 atom stereocenters. The third kappa shape index (κ3) is 4.43. The second-order valence-electron chi connectivity index (χ2n) is 4.78. The van der Waals surface area contributed by atoms with E-state index < -0.39 is 0 Å². The Bertz CT molecular complexity index is 759. The molecule has 0 fully saturated rings. The van der Waals surface area contributed by atoms with Gasteiger partial charge < -0.3 is 19.5 Å². The van der Waals surface area contributed by atoms with E-state index in [4.69, 9.17) is 25.8 Å². The van der Waals surface area contributed by atoms with E-state index >= 15 is 0 Å². The minimum Gasteiger partial charge on any atom is -0.497 e. The first-order valence-corrected chi connectivity index (χ1v) is 7.49. The number of hydrogen-bond donors (Lipinski definition) is 1. The molecule has 0 aliphatic heterocycles. The summed E-state index contributed by atoms with van der Waals surface area (Å²) >= 11 is 5.97. The molecule has 2 aromatic rings. The molecule has 126 valence electrons. The Kier molecular flexibility index (Phi) is 6.09. The Morgan fingerprint density at radius 3 is 2.38 bits per heavy atom. The van der Waals surface area contributed by atoms with Crippen LogP contribution in [0.5, 0.6) is 17.2 Å². The molecule has 5 nitrogen and oxygen atoms in total. The van der Waals surface area contributed by atoms with Gasteiger partial charge in [0, 0.05) is 22.7 Å². The third-order valence-electron chi connectivity index (χ3n) is 3.27. The number of halogens is 1. The van der Waals surface area contributed by atoms with Crippen molar-refractivity contribution < 1.29 is 19.0 Å². The van der Waals surface area contributed by atoms with E-state index in [2.05, 4.69) is 5.32 Å². The van der Waals surface area contributed by atoms with Gasteiger partial charge >= 0.3 is 0 Å². The highest BCUT2D eigenvalue weighted by atomic mass is 35.5. The smallest absolute Gasteiger partial charge is 0.248 e. The fourth-order valence-electron chi connectivity index (χ4n) is 2.09. The molecule has 0 aliphatic rings. The SMILES string of the molecule is COc1ccc(OC)c(NC(=O)/C=C/c2cc(Cl)ccc2OC)c1. The average Bonchev–Trinajstić information content (AvgIpc) is 2.60. The first-order valence-electron chi connectivity index (χ1n) is 7.12. The molecule has 0 heterocycles. The van der Waals surface area contributed by atoms with Crippen LogP contribution in [0, 0.1) is 0 Å². The van der Waals surface area contributed by atoms with Crippen LogP contribution in [-0.2, 0) is 4.79 Å². The van der Waals surface area contributed by atoms with Crippen LogP contribution in [0.4, 0.5) is 5.69 Å². The topological polar surface area (TPSA) is 56.8 Å². The van der Waals surface area contributed by atoms with Gasteiger partial charge in [0.1, 0.15) is 17.2 Å². The van der Waals surface area contributed by atoms with Crippen LogP contribution >= 0.6 is 11.6 Å². The lowest BCUT2D eigenvalue weighted by Gasteiger charge is -2.10. The van der Waals surface area contributed by atoms with Gasteiger partial charge in [0.25, 0.3) is 0 Å². The number of anilines is 1. The molecule has 1 N–H and O–H groups in total. The van der Waals surface area contributed by atoms with Gasteiger partial charge in [0.15, 0.2) is 0 Å². The van der Waals surface area contributed by atoms with Gasteiger partial charge in [-0.1, -0.05) is 11.6 Å². The summed E-state index contributed by atoms with van der Waals surface area (Å²) in [5.41, 5.74) is 1.22. The summed E-state index contributed by atoms with van der Waals surface area (Å²) in [7, 11) is 4.64. The Labute approximate surface area is 145 Å². The van der Waals surface area contributed by atoms with Crippen molar-refractivity contribution in [2.24, 2.45) is 0 Å². The van der Waals surface area contributed by atoms with E-state index in [9.17, 15) is 4.79 Å². The van der Waals surface area contributed by atoms with Gasteiger partial charge in [-0.3, -0.25) is 4.79 Å². The summed E-state index contributed by atoms with van der Waals surface area (Å²) < 4.78 is 15.6. The second-order valence-corrected chi connectivity index (χ2v) is 5.21. The van der Waals surface area contributed by atoms with E-state index in [1.165, 1.54) is 13.2 Å². The number of carbonyl (C=O) groups excluding carboxylic acids is 1. The lowest BCUT2D eigenvalue weighted by molar-refractivity contribution is -0.111. The standard InChI is InChI=1S/C18H18ClNO4/c1-22-14-6-8-17(24-3)15(11-14)20-18(21)9-4-12-10-13(19)5-7-16(12)23-2/h4-11H,1-3H3,(H,20,21)/b9-4+. The average molecular weight is 348 g/mol. The molecular weight excluding hydrogens is 330 g/mol. The molecule has 0 unspecified atom stereocenters. The van der Waals surface area contributed by atoms with Gasteiger partial charge in [-0.25, -0.2) is 0 Å². The van der Waals surface area contributed by atoms with Crippen LogP contribution in [0.25, 0.3) is 6.08 Å². The van der Waals surface area contributed by atoms with Crippen molar-refractivity contribution in [3.63, 3.8) is 0 Å². The Balaban J connectivity index is 2.18. The maximum absolute atomic E-state index is 12.2.